The van der Waals surface area contributed by atoms with E-state index in [1.54, 1.807) is 49.5 Å². The number of hydrogen-bond donors (Lipinski definition) is 0. The zero-order chi connectivity index (χ0) is 18.2. The first-order valence-electron chi connectivity index (χ1n) is 7.64. The fourth-order valence-electron chi connectivity index (χ4n) is 2.31. The molecule has 5 heteroatoms. The Balaban J connectivity index is 2.09. The molecule has 0 aromatic heterocycles. The lowest BCUT2D eigenvalue weighted by Gasteiger charge is -2.17. The molecule has 0 spiro atoms. The summed E-state index contributed by atoms with van der Waals surface area (Å²) < 4.78 is 4.76. The Labute approximate surface area is 146 Å². The van der Waals surface area contributed by atoms with Crippen molar-refractivity contribution in [3.05, 3.63) is 76.9 Å². The molecule has 5 nitrogen and oxygen atoms in total. The maximum atomic E-state index is 12.3. The first kappa shape index (κ1) is 18.0. The summed E-state index contributed by atoms with van der Waals surface area (Å²) in [5.41, 5.74) is 2.46. The van der Waals surface area contributed by atoms with Crippen molar-refractivity contribution in [3.63, 3.8) is 0 Å². The standard InChI is InChI=1S/C20H18N2O3/c1-22(14-17-8-3-4-9-18(17)20(24)25-2)19(23)11-10-15-6-5-7-16(12-15)13-21/h3-12H,14H2,1-2H3. The number of esters is 1. The van der Waals surface area contributed by atoms with E-state index in [9.17, 15) is 9.59 Å². The molecule has 0 bridgehead atoms. The molecule has 0 heterocycles. The van der Waals surface area contributed by atoms with E-state index >= 15 is 0 Å². The van der Waals surface area contributed by atoms with Gasteiger partial charge in [-0.05, 0) is 35.4 Å². The van der Waals surface area contributed by atoms with E-state index in [1.165, 1.54) is 18.1 Å². The summed E-state index contributed by atoms with van der Waals surface area (Å²) in [6, 6.07) is 16.1. The molecule has 0 aliphatic carbocycles. The van der Waals surface area contributed by atoms with Crippen LogP contribution in [0.5, 0.6) is 0 Å². The zero-order valence-electron chi connectivity index (χ0n) is 14.1. The van der Waals surface area contributed by atoms with Crippen molar-refractivity contribution in [1.82, 2.24) is 4.90 Å². The van der Waals surface area contributed by atoms with Gasteiger partial charge >= 0.3 is 5.97 Å². The molecule has 2 aromatic rings. The van der Waals surface area contributed by atoms with Crippen molar-refractivity contribution in [2.75, 3.05) is 14.2 Å². The number of ether oxygens (including phenoxy) is 1. The molecule has 0 aliphatic rings. The molecule has 0 saturated carbocycles. The summed E-state index contributed by atoms with van der Waals surface area (Å²) in [6.07, 6.45) is 3.10. The van der Waals surface area contributed by atoms with Gasteiger partial charge in [0, 0.05) is 19.7 Å². The highest BCUT2D eigenvalue weighted by Gasteiger charge is 2.14. The molecule has 126 valence electrons. The Morgan fingerprint density at radius 2 is 1.96 bits per heavy atom. The predicted molar refractivity (Wildman–Crippen MR) is 94.4 cm³/mol. The SMILES string of the molecule is COC(=O)c1ccccc1CN(C)C(=O)C=Cc1cccc(C#N)c1. The Morgan fingerprint density at radius 1 is 1.20 bits per heavy atom. The van der Waals surface area contributed by atoms with Crippen LogP contribution in [0.4, 0.5) is 0 Å². The van der Waals surface area contributed by atoms with Gasteiger partial charge in [-0.1, -0.05) is 30.3 Å². The van der Waals surface area contributed by atoms with Crippen LogP contribution in [0.1, 0.15) is 27.0 Å². The minimum absolute atomic E-state index is 0.206. The van der Waals surface area contributed by atoms with Gasteiger partial charge in [-0.15, -0.1) is 0 Å². The normalized spacial score (nSPS) is 10.3. The highest BCUT2D eigenvalue weighted by molar-refractivity contribution is 5.93. The van der Waals surface area contributed by atoms with Gasteiger partial charge < -0.3 is 9.64 Å². The van der Waals surface area contributed by atoms with Gasteiger partial charge in [0.1, 0.15) is 0 Å². The molecule has 0 atom stereocenters. The van der Waals surface area contributed by atoms with Crippen LogP contribution in [-0.2, 0) is 16.1 Å². The number of amides is 1. The van der Waals surface area contributed by atoms with Gasteiger partial charge in [0.05, 0.1) is 24.3 Å². The number of nitriles is 1. The highest BCUT2D eigenvalue weighted by atomic mass is 16.5. The van der Waals surface area contributed by atoms with Crippen LogP contribution in [-0.4, -0.2) is 30.9 Å². The minimum atomic E-state index is -0.430. The average Bonchev–Trinajstić information content (AvgIpc) is 2.66. The molecule has 2 rings (SSSR count). The Hall–Kier alpha value is -3.39. The van der Waals surface area contributed by atoms with Crippen molar-refractivity contribution in [3.8, 4) is 6.07 Å². The molecule has 0 aliphatic heterocycles. The van der Waals surface area contributed by atoms with Gasteiger partial charge in [-0.3, -0.25) is 4.79 Å². The Bertz CT molecular complexity index is 850. The summed E-state index contributed by atoms with van der Waals surface area (Å²) >= 11 is 0. The third-order valence-corrected chi connectivity index (χ3v) is 3.64. The van der Waals surface area contributed by atoms with Crippen LogP contribution in [0.15, 0.2) is 54.6 Å². The molecule has 0 unspecified atom stereocenters. The van der Waals surface area contributed by atoms with E-state index in [0.717, 1.165) is 5.56 Å². The molecule has 0 saturated heterocycles. The largest absolute Gasteiger partial charge is 0.465 e. The zero-order valence-corrected chi connectivity index (χ0v) is 14.1. The molecule has 2 aromatic carbocycles. The first-order valence-corrected chi connectivity index (χ1v) is 7.64. The number of benzene rings is 2. The maximum Gasteiger partial charge on any atom is 0.338 e. The molecule has 1 amide bonds. The Morgan fingerprint density at radius 3 is 2.68 bits per heavy atom. The maximum absolute atomic E-state index is 12.3. The van der Waals surface area contributed by atoms with Crippen molar-refractivity contribution in [2.45, 2.75) is 6.54 Å². The lowest BCUT2D eigenvalue weighted by Crippen LogP contribution is -2.25. The third kappa shape index (κ3) is 4.79. The third-order valence-electron chi connectivity index (χ3n) is 3.64. The van der Waals surface area contributed by atoms with Gasteiger partial charge in [0.2, 0.25) is 5.91 Å². The van der Waals surface area contributed by atoms with E-state index in [0.29, 0.717) is 16.7 Å². The van der Waals surface area contributed by atoms with Crippen molar-refractivity contribution in [1.29, 1.82) is 5.26 Å². The van der Waals surface area contributed by atoms with E-state index in [1.807, 2.05) is 12.1 Å². The van der Waals surface area contributed by atoms with Gasteiger partial charge in [-0.25, -0.2) is 4.79 Å². The molecular weight excluding hydrogens is 316 g/mol. The molecule has 0 fully saturated rings. The average molecular weight is 334 g/mol. The predicted octanol–water partition coefficient (Wildman–Crippen LogP) is 3.02. The number of rotatable bonds is 5. The summed E-state index contributed by atoms with van der Waals surface area (Å²) in [4.78, 5) is 25.6. The number of likely N-dealkylation sites (N-methyl/N-ethyl adjacent to an activating group) is 1. The molecule has 25 heavy (non-hydrogen) atoms. The Kier molecular flexibility index (Phi) is 6.08. The lowest BCUT2D eigenvalue weighted by atomic mass is 10.1. The highest BCUT2D eigenvalue weighted by Crippen LogP contribution is 2.13. The second kappa shape index (κ2) is 8.46. The second-order valence-electron chi connectivity index (χ2n) is 5.41. The topological polar surface area (TPSA) is 70.4 Å². The van der Waals surface area contributed by atoms with Crippen LogP contribution in [0.25, 0.3) is 6.08 Å². The number of hydrogen-bond acceptors (Lipinski definition) is 4. The van der Waals surface area contributed by atoms with E-state index < -0.39 is 5.97 Å². The van der Waals surface area contributed by atoms with E-state index in [2.05, 4.69) is 6.07 Å². The fraction of sp³-hybridized carbons (Fsp3) is 0.150. The monoisotopic (exact) mass is 334 g/mol. The van der Waals surface area contributed by atoms with Crippen LogP contribution < -0.4 is 0 Å². The van der Waals surface area contributed by atoms with Gasteiger partial charge in [-0.2, -0.15) is 5.26 Å². The number of nitrogens with zero attached hydrogens (tertiary/aromatic N) is 2. The number of carbonyl (C=O) groups excluding carboxylic acids is 2. The molecule has 0 N–H and O–H groups in total. The fourth-order valence-corrected chi connectivity index (χ4v) is 2.31. The summed E-state index contributed by atoms with van der Waals surface area (Å²) in [6.45, 7) is 0.284. The van der Waals surface area contributed by atoms with Crippen LogP contribution in [0.3, 0.4) is 0 Å². The number of methoxy groups -OCH3 is 1. The van der Waals surface area contributed by atoms with E-state index in [-0.39, 0.29) is 12.5 Å². The molecular formula is C20H18N2O3. The summed E-state index contributed by atoms with van der Waals surface area (Å²) in [5, 5.41) is 8.90. The van der Waals surface area contributed by atoms with Crippen LogP contribution >= 0.6 is 0 Å². The van der Waals surface area contributed by atoms with Gasteiger partial charge in [0.25, 0.3) is 0 Å². The minimum Gasteiger partial charge on any atom is -0.465 e. The van der Waals surface area contributed by atoms with Gasteiger partial charge in [0.15, 0.2) is 0 Å². The van der Waals surface area contributed by atoms with Crippen LogP contribution in [0.2, 0.25) is 0 Å². The quantitative estimate of drug-likeness (QED) is 0.622. The number of carbonyl (C=O) groups is 2. The lowest BCUT2D eigenvalue weighted by molar-refractivity contribution is -0.125. The first-order chi connectivity index (χ1) is 12.0. The smallest absolute Gasteiger partial charge is 0.338 e. The summed E-state index contributed by atoms with van der Waals surface area (Å²) in [5.74, 6) is -0.637. The van der Waals surface area contributed by atoms with Crippen molar-refractivity contribution >= 4 is 18.0 Å². The van der Waals surface area contributed by atoms with Crippen molar-refractivity contribution in [2.24, 2.45) is 0 Å². The molecule has 0 radical (unpaired) electrons. The van der Waals surface area contributed by atoms with E-state index in [4.69, 9.17) is 10.00 Å². The van der Waals surface area contributed by atoms with Crippen LogP contribution in [0, 0.1) is 11.3 Å². The van der Waals surface area contributed by atoms with Crippen molar-refractivity contribution < 1.29 is 14.3 Å². The summed E-state index contributed by atoms with van der Waals surface area (Å²) in [7, 11) is 2.98. The second-order valence-corrected chi connectivity index (χ2v) is 5.41.